The van der Waals surface area contributed by atoms with Crippen LogP contribution in [0.5, 0.6) is 0 Å². The molecule has 1 fully saturated rings. The summed E-state index contributed by atoms with van der Waals surface area (Å²) in [5.74, 6) is 2.77. The van der Waals surface area contributed by atoms with Gasteiger partial charge in [0.15, 0.2) is 11.6 Å². The molecule has 1 aromatic heterocycles. The first kappa shape index (κ1) is 14.9. The molecule has 0 saturated carbocycles. The second kappa shape index (κ2) is 5.54. The fraction of sp³-hybridized carbons (Fsp3) is 0.211. The van der Waals surface area contributed by atoms with E-state index in [4.69, 9.17) is 0 Å². The maximum Gasteiger partial charge on any atom is 0.196 e. The molecule has 1 saturated heterocycles. The molecule has 0 atom stereocenters. The molecule has 2 aromatic carbocycles. The van der Waals surface area contributed by atoms with E-state index in [1.54, 1.807) is 30.3 Å². The van der Waals surface area contributed by atoms with Gasteiger partial charge in [0.05, 0.1) is 23.1 Å². The Balaban J connectivity index is 1.65. The minimum atomic E-state index is -0.109. The summed E-state index contributed by atoms with van der Waals surface area (Å²) in [7, 11) is 0. The van der Waals surface area contributed by atoms with Crippen LogP contribution in [0.2, 0.25) is 0 Å². The van der Waals surface area contributed by atoms with Crippen LogP contribution in [0.15, 0.2) is 36.4 Å². The van der Waals surface area contributed by atoms with Gasteiger partial charge in [-0.15, -0.1) is 11.8 Å². The van der Waals surface area contributed by atoms with Crippen molar-refractivity contribution in [2.24, 2.45) is 0 Å². The summed E-state index contributed by atoms with van der Waals surface area (Å²) < 4.78 is 0. The Morgan fingerprint density at radius 1 is 1.04 bits per heavy atom. The first-order valence-corrected chi connectivity index (χ1v) is 9.38. The van der Waals surface area contributed by atoms with Crippen LogP contribution >= 0.6 is 11.8 Å². The summed E-state index contributed by atoms with van der Waals surface area (Å²) in [6, 6.07) is 10.6. The number of rotatable bonds is 2. The van der Waals surface area contributed by atoms with Gasteiger partial charge in [0.2, 0.25) is 0 Å². The molecule has 5 nitrogen and oxygen atoms in total. The number of thioether (sulfide) groups is 1. The van der Waals surface area contributed by atoms with Crippen LogP contribution in [0, 0.1) is 0 Å². The molecule has 1 N–H and O–H groups in total. The summed E-state index contributed by atoms with van der Waals surface area (Å²) in [6.45, 7) is 1.78. The van der Waals surface area contributed by atoms with Crippen LogP contribution in [0.25, 0.3) is 11.0 Å². The van der Waals surface area contributed by atoms with E-state index in [2.05, 4.69) is 14.9 Å². The number of hydrogen-bond acceptors (Lipinski definition) is 5. The molecule has 0 spiro atoms. The number of hydrogen-bond donors (Lipinski definition) is 1. The highest BCUT2D eigenvalue weighted by molar-refractivity contribution is 7.99. The molecule has 0 radical (unpaired) electrons. The van der Waals surface area contributed by atoms with Crippen molar-refractivity contribution in [2.75, 3.05) is 18.2 Å². The van der Waals surface area contributed by atoms with Gasteiger partial charge in [-0.05, 0) is 12.1 Å². The molecule has 1 aliphatic carbocycles. The molecule has 2 heterocycles. The summed E-state index contributed by atoms with van der Waals surface area (Å²) in [5, 5.41) is 0. The number of ketones is 2. The van der Waals surface area contributed by atoms with Crippen LogP contribution in [0.4, 0.5) is 0 Å². The molecule has 0 amide bonds. The Kier molecular flexibility index (Phi) is 3.29. The predicted octanol–water partition coefficient (Wildman–Crippen LogP) is 2.84. The number of H-pyrrole nitrogens is 1. The molecule has 3 aromatic rings. The summed E-state index contributed by atoms with van der Waals surface area (Å²) >= 11 is 1.91. The molecule has 1 aliphatic heterocycles. The predicted molar refractivity (Wildman–Crippen MR) is 97.1 cm³/mol. The second-order valence-corrected chi connectivity index (χ2v) is 7.43. The van der Waals surface area contributed by atoms with Crippen molar-refractivity contribution >= 4 is 34.4 Å². The van der Waals surface area contributed by atoms with Crippen molar-refractivity contribution in [1.29, 1.82) is 0 Å². The van der Waals surface area contributed by atoms with Gasteiger partial charge < -0.3 is 4.98 Å². The maximum absolute atomic E-state index is 13.0. The van der Waals surface area contributed by atoms with Crippen molar-refractivity contribution in [3.8, 4) is 0 Å². The van der Waals surface area contributed by atoms with Gasteiger partial charge in [-0.2, -0.15) is 0 Å². The van der Waals surface area contributed by atoms with Crippen molar-refractivity contribution in [1.82, 2.24) is 14.9 Å². The molecule has 25 heavy (non-hydrogen) atoms. The first-order valence-electron chi connectivity index (χ1n) is 8.22. The number of aromatic nitrogens is 2. The summed E-state index contributed by atoms with van der Waals surface area (Å²) in [6.07, 6.45) is 0. The van der Waals surface area contributed by atoms with Crippen molar-refractivity contribution in [2.45, 2.75) is 6.54 Å². The molecular formula is C19H15N3O2S. The molecule has 0 bridgehead atoms. The molecule has 5 rings (SSSR count). The van der Waals surface area contributed by atoms with Crippen LogP contribution < -0.4 is 0 Å². The van der Waals surface area contributed by atoms with Gasteiger partial charge in [-0.25, -0.2) is 4.98 Å². The number of benzene rings is 2. The normalized spacial score (nSPS) is 17.1. The second-order valence-electron chi connectivity index (χ2n) is 6.36. The van der Waals surface area contributed by atoms with Crippen LogP contribution in [-0.2, 0) is 6.54 Å². The highest BCUT2D eigenvalue weighted by Gasteiger charge is 2.31. The van der Waals surface area contributed by atoms with Gasteiger partial charge in [0, 0.05) is 34.9 Å². The lowest BCUT2D eigenvalue weighted by molar-refractivity contribution is 0.0980. The standard InChI is InChI=1S/C19H15N3O2S/c23-18-11-3-1-2-4-12(11)19(24)16-13(18)5-6-14-17(16)21-15(20-14)9-22-7-8-25-10-22/h1-6H,7-10H2,(H,20,21). The lowest BCUT2D eigenvalue weighted by Gasteiger charge is -2.17. The van der Waals surface area contributed by atoms with E-state index >= 15 is 0 Å². The topological polar surface area (TPSA) is 66.1 Å². The van der Waals surface area contributed by atoms with Gasteiger partial charge >= 0.3 is 0 Å². The summed E-state index contributed by atoms with van der Waals surface area (Å²) in [4.78, 5) is 36.0. The van der Waals surface area contributed by atoms with Crippen LogP contribution in [-0.4, -0.2) is 44.6 Å². The number of aromatic amines is 1. The SMILES string of the molecule is O=C1c2ccccc2C(=O)c2c1ccc1nc(CN3CCSC3)[nH]c21. The fourth-order valence-electron chi connectivity index (χ4n) is 3.58. The van der Waals surface area contributed by atoms with Crippen molar-refractivity contribution < 1.29 is 9.59 Å². The number of carbonyl (C=O) groups excluding carboxylic acids is 2. The Hall–Kier alpha value is -2.44. The fourth-order valence-corrected chi connectivity index (χ4v) is 4.57. The van der Waals surface area contributed by atoms with Gasteiger partial charge in [0.1, 0.15) is 5.82 Å². The molecule has 124 valence electrons. The third kappa shape index (κ3) is 2.25. The maximum atomic E-state index is 13.0. The third-order valence-electron chi connectivity index (χ3n) is 4.80. The number of nitrogens with one attached hydrogen (secondary N) is 1. The van der Waals surface area contributed by atoms with E-state index in [0.717, 1.165) is 36.1 Å². The zero-order valence-corrected chi connectivity index (χ0v) is 14.2. The Morgan fingerprint density at radius 3 is 2.60 bits per heavy atom. The first-order chi connectivity index (χ1) is 12.2. The van der Waals surface area contributed by atoms with Gasteiger partial charge in [0.25, 0.3) is 0 Å². The number of imidazole rings is 1. The Labute approximate surface area is 148 Å². The quantitative estimate of drug-likeness (QED) is 0.603. The van der Waals surface area contributed by atoms with Gasteiger partial charge in [-0.3, -0.25) is 14.5 Å². The number of fused-ring (bicyclic) bond motifs is 4. The number of nitrogens with zero attached hydrogens (tertiary/aromatic N) is 2. The molecule has 2 aliphatic rings. The number of carbonyl (C=O) groups is 2. The van der Waals surface area contributed by atoms with Crippen molar-refractivity contribution in [3.05, 3.63) is 64.5 Å². The molecule has 6 heteroatoms. The largest absolute Gasteiger partial charge is 0.340 e. The highest BCUT2D eigenvalue weighted by Crippen LogP contribution is 2.31. The van der Waals surface area contributed by atoms with E-state index in [9.17, 15) is 9.59 Å². The monoisotopic (exact) mass is 349 g/mol. The Morgan fingerprint density at radius 2 is 1.84 bits per heavy atom. The smallest absolute Gasteiger partial charge is 0.196 e. The average molecular weight is 349 g/mol. The van der Waals surface area contributed by atoms with Crippen molar-refractivity contribution in [3.63, 3.8) is 0 Å². The minimum absolute atomic E-state index is 0.0980. The zero-order chi connectivity index (χ0) is 17.0. The Bertz CT molecular complexity index is 1030. The van der Waals surface area contributed by atoms with Crippen LogP contribution in [0.3, 0.4) is 0 Å². The molecular weight excluding hydrogens is 334 g/mol. The van der Waals surface area contributed by atoms with E-state index in [-0.39, 0.29) is 11.6 Å². The van der Waals surface area contributed by atoms with Gasteiger partial charge in [-0.1, -0.05) is 24.3 Å². The molecule has 0 unspecified atom stereocenters. The van der Waals surface area contributed by atoms with E-state index < -0.39 is 0 Å². The van der Waals surface area contributed by atoms with Crippen LogP contribution in [0.1, 0.15) is 37.7 Å². The van der Waals surface area contributed by atoms with E-state index in [1.165, 1.54) is 0 Å². The summed E-state index contributed by atoms with van der Waals surface area (Å²) in [5.41, 5.74) is 3.28. The van der Waals surface area contributed by atoms with E-state index in [1.807, 2.05) is 17.8 Å². The third-order valence-corrected chi connectivity index (χ3v) is 5.81. The van der Waals surface area contributed by atoms with E-state index in [0.29, 0.717) is 27.8 Å². The minimum Gasteiger partial charge on any atom is -0.340 e. The zero-order valence-electron chi connectivity index (χ0n) is 13.4. The lowest BCUT2D eigenvalue weighted by Crippen LogP contribution is -2.21. The highest BCUT2D eigenvalue weighted by atomic mass is 32.2. The average Bonchev–Trinajstić information content (AvgIpc) is 3.28. The lowest BCUT2D eigenvalue weighted by atomic mass is 9.83.